The van der Waals surface area contributed by atoms with Gasteiger partial charge in [0.25, 0.3) is 11.7 Å². The Kier molecular flexibility index (Phi) is 5.81. The van der Waals surface area contributed by atoms with Crippen LogP contribution in [0.5, 0.6) is 11.5 Å². The Balaban J connectivity index is 1.91. The van der Waals surface area contributed by atoms with Crippen molar-refractivity contribution in [1.82, 2.24) is 4.90 Å². The van der Waals surface area contributed by atoms with Gasteiger partial charge in [-0.1, -0.05) is 31.4 Å². The van der Waals surface area contributed by atoms with Crippen molar-refractivity contribution in [3.05, 3.63) is 51.7 Å². The molecule has 2 aliphatic rings. The lowest BCUT2D eigenvalue weighted by Crippen LogP contribution is -2.40. The molecule has 1 atom stereocenters. The number of likely N-dealkylation sites (tertiary alicyclic amines) is 1. The topological polar surface area (TPSA) is 76.1 Å². The zero-order valence-electron chi connectivity index (χ0n) is 17.1. The van der Waals surface area contributed by atoms with E-state index in [9.17, 15) is 14.7 Å². The van der Waals surface area contributed by atoms with Gasteiger partial charge in [0.15, 0.2) is 0 Å². The molecule has 4 rings (SSSR count). The van der Waals surface area contributed by atoms with Gasteiger partial charge in [-0.25, -0.2) is 0 Å². The van der Waals surface area contributed by atoms with E-state index < -0.39 is 17.7 Å². The van der Waals surface area contributed by atoms with E-state index in [2.05, 4.69) is 0 Å². The van der Waals surface area contributed by atoms with E-state index in [0.29, 0.717) is 11.5 Å². The smallest absolute Gasteiger partial charge is 0.295 e. The van der Waals surface area contributed by atoms with Gasteiger partial charge in [-0.05, 0) is 36.4 Å². The number of hydrogen-bond donors (Lipinski definition) is 1. The first-order chi connectivity index (χ1) is 14.6. The summed E-state index contributed by atoms with van der Waals surface area (Å²) in [5.74, 6) is -0.721. The van der Waals surface area contributed by atoms with Crippen LogP contribution in [0.25, 0.3) is 5.76 Å². The van der Waals surface area contributed by atoms with Crippen LogP contribution in [0.15, 0.2) is 41.3 Å². The van der Waals surface area contributed by atoms with Crippen LogP contribution in [0.3, 0.4) is 0 Å². The summed E-state index contributed by atoms with van der Waals surface area (Å²) in [6.45, 7) is 0. The molecule has 2 fully saturated rings. The summed E-state index contributed by atoms with van der Waals surface area (Å²) >= 11 is 1.47. The number of hydrogen-bond acceptors (Lipinski definition) is 6. The van der Waals surface area contributed by atoms with Crippen LogP contribution in [-0.2, 0) is 9.59 Å². The third-order valence-electron chi connectivity index (χ3n) is 5.93. The number of nitrogens with zero attached hydrogens (tertiary/aromatic N) is 1. The van der Waals surface area contributed by atoms with Crippen LogP contribution in [-0.4, -0.2) is 42.0 Å². The van der Waals surface area contributed by atoms with Crippen molar-refractivity contribution in [3.63, 3.8) is 0 Å². The predicted octanol–water partition coefficient (Wildman–Crippen LogP) is 4.52. The van der Waals surface area contributed by atoms with Crippen LogP contribution >= 0.6 is 11.3 Å². The third kappa shape index (κ3) is 3.37. The van der Waals surface area contributed by atoms with Crippen LogP contribution in [0.2, 0.25) is 0 Å². The predicted molar refractivity (Wildman–Crippen MR) is 115 cm³/mol. The summed E-state index contributed by atoms with van der Waals surface area (Å²) in [5.41, 5.74) is 0.376. The Morgan fingerprint density at radius 3 is 2.27 bits per heavy atom. The van der Waals surface area contributed by atoms with Gasteiger partial charge >= 0.3 is 0 Å². The van der Waals surface area contributed by atoms with E-state index in [1.54, 1.807) is 23.1 Å². The molecular weight excluding hydrogens is 402 g/mol. The van der Waals surface area contributed by atoms with Gasteiger partial charge in [0.05, 0.1) is 25.8 Å². The van der Waals surface area contributed by atoms with Gasteiger partial charge in [0.2, 0.25) is 0 Å². The molecule has 0 spiro atoms. The van der Waals surface area contributed by atoms with E-state index in [0.717, 1.165) is 37.0 Å². The van der Waals surface area contributed by atoms with Crippen molar-refractivity contribution >= 4 is 28.8 Å². The lowest BCUT2D eigenvalue weighted by atomic mass is 9.92. The number of aliphatic hydroxyl groups is 1. The van der Waals surface area contributed by atoms with E-state index in [1.807, 2.05) is 17.5 Å². The molecule has 1 aliphatic carbocycles. The summed E-state index contributed by atoms with van der Waals surface area (Å²) in [6.07, 6.45) is 4.94. The minimum absolute atomic E-state index is 0.00726. The fourth-order valence-electron chi connectivity index (χ4n) is 4.53. The van der Waals surface area contributed by atoms with Crippen LogP contribution in [0.4, 0.5) is 0 Å². The Bertz CT molecular complexity index is 953. The van der Waals surface area contributed by atoms with E-state index in [4.69, 9.17) is 9.47 Å². The van der Waals surface area contributed by atoms with Gasteiger partial charge in [-0.2, -0.15) is 0 Å². The summed E-state index contributed by atoms with van der Waals surface area (Å²) < 4.78 is 10.8. The van der Waals surface area contributed by atoms with Gasteiger partial charge in [0.1, 0.15) is 22.8 Å². The number of thiophene rings is 1. The first-order valence-electron chi connectivity index (χ1n) is 10.1. The number of Topliss-reactive ketones (excluding diaryl/α,β-unsaturated/α-hetero) is 1. The molecule has 6 nitrogen and oxygen atoms in total. The second kappa shape index (κ2) is 8.52. The lowest BCUT2D eigenvalue weighted by molar-refractivity contribution is -0.141. The molecule has 158 valence electrons. The fraction of sp³-hybridized carbons (Fsp3) is 0.391. The van der Waals surface area contributed by atoms with Gasteiger partial charge in [-0.3, -0.25) is 9.59 Å². The average molecular weight is 428 g/mol. The largest absolute Gasteiger partial charge is 0.506 e. The molecule has 1 aliphatic heterocycles. The summed E-state index contributed by atoms with van der Waals surface area (Å²) in [4.78, 5) is 28.9. The molecule has 0 radical (unpaired) electrons. The third-order valence-corrected chi connectivity index (χ3v) is 6.85. The second-order valence-corrected chi connectivity index (χ2v) is 8.53. The van der Waals surface area contributed by atoms with E-state index >= 15 is 0 Å². The maximum atomic E-state index is 13.2. The molecule has 1 aromatic carbocycles. The fourth-order valence-corrected chi connectivity index (χ4v) is 5.36. The molecule has 7 heteroatoms. The molecule has 1 N–H and O–H groups in total. The van der Waals surface area contributed by atoms with Crippen molar-refractivity contribution in [2.24, 2.45) is 0 Å². The van der Waals surface area contributed by atoms with Crippen molar-refractivity contribution < 1.29 is 24.2 Å². The number of ketones is 1. The molecule has 1 unspecified atom stereocenters. The highest BCUT2D eigenvalue weighted by atomic mass is 32.1. The zero-order valence-corrected chi connectivity index (χ0v) is 17.9. The summed E-state index contributed by atoms with van der Waals surface area (Å²) in [5, 5.41) is 13.3. The minimum atomic E-state index is -0.663. The SMILES string of the molecule is COc1cccc(OC)c1/C(O)=C1\C(=O)C(=O)N(C2CCCCC2)C1c1cccs1. The maximum Gasteiger partial charge on any atom is 0.295 e. The first kappa shape index (κ1) is 20.5. The number of aliphatic hydroxyl groups excluding tert-OH is 1. The zero-order chi connectivity index (χ0) is 21.3. The number of amides is 1. The standard InChI is InChI=1S/C23H25NO5S/c1-28-15-10-6-11-16(29-2)18(15)21(25)19-20(17-12-7-13-30-17)24(23(27)22(19)26)14-8-4-3-5-9-14/h6-7,10-14,20,25H,3-5,8-9H2,1-2H3/b21-19+. The van der Waals surface area contributed by atoms with Crippen LogP contribution < -0.4 is 9.47 Å². The van der Waals surface area contributed by atoms with Crippen molar-refractivity contribution in [3.8, 4) is 11.5 Å². The van der Waals surface area contributed by atoms with Crippen molar-refractivity contribution in [1.29, 1.82) is 0 Å². The van der Waals surface area contributed by atoms with Crippen LogP contribution in [0, 0.1) is 0 Å². The molecule has 1 amide bonds. The summed E-state index contributed by atoms with van der Waals surface area (Å²) in [6, 6.07) is 8.30. The number of rotatable bonds is 5. The summed E-state index contributed by atoms with van der Waals surface area (Å²) in [7, 11) is 2.98. The Labute approximate surface area is 179 Å². The molecule has 1 saturated carbocycles. The maximum absolute atomic E-state index is 13.2. The second-order valence-electron chi connectivity index (χ2n) is 7.55. The average Bonchev–Trinajstić information content (AvgIpc) is 3.40. The Morgan fingerprint density at radius 2 is 1.70 bits per heavy atom. The highest BCUT2D eigenvalue weighted by molar-refractivity contribution is 7.10. The number of carbonyl (C=O) groups excluding carboxylic acids is 2. The molecular formula is C23H25NO5S. The Morgan fingerprint density at radius 1 is 1.03 bits per heavy atom. The molecule has 2 heterocycles. The van der Waals surface area contributed by atoms with E-state index in [-0.39, 0.29) is 22.9 Å². The number of benzene rings is 1. The molecule has 2 aromatic rings. The van der Waals surface area contributed by atoms with Gasteiger partial charge in [0, 0.05) is 10.9 Å². The monoisotopic (exact) mass is 427 g/mol. The number of ether oxygens (including phenoxy) is 2. The van der Waals surface area contributed by atoms with Gasteiger partial charge in [-0.15, -0.1) is 11.3 Å². The van der Waals surface area contributed by atoms with Crippen molar-refractivity contribution in [2.45, 2.75) is 44.2 Å². The Hall–Kier alpha value is -2.80. The molecule has 1 aromatic heterocycles. The number of carbonyl (C=O) groups is 2. The normalized spacial score (nSPS) is 21.8. The van der Waals surface area contributed by atoms with Gasteiger partial charge < -0.3 is 19.5 Å². The van der Waals surface area contributed by atoms with Crippen molar-refractivity contribution in [2.75, 3.05) is 14.2 Å². The number of methoxy groups -OCH3 is 2. The highest BCUT2D eigenvalue weighted by Gasteiger charge is 2.49. The first-order valence-corrected chi connectivity index (χ1v) is 11.0. The quantitative estimate of drug-likeness (QED) is 0.431. The molecule has 0 bridgehead atoms. The van der Waals surface area contributed by atoms with Crippen LogP contribution in [0.1, 0.15) is 48.6 Å². The minimum Gasteiger partial charge on any atom is -0.506 e. The highest BCUT2D eigenvalue weighted by Crippen LogP contribution is 2.46. The molecule has 1 saturated heterocycles. The lowest BCUT2D eigenvalue weighted by Gasteiger charge is -2.35. The molecule has 30 heavy (non-hydrogen) atoms. The van der Waals surface area contributed by atoms with E-state index in [1.165, 1.54) is 25.6 Å².